The first-order valence-corrected chi connectivity index (χ1v) is 10.3. The number of amides is 1. The van der Waals surface area contributed by atoms with Gasteiger partial charge >= 0.3 is 0 Å². The van der Waals surface area contributed by atoms with Gasteiger partial charge < -0.3 is 9.84 Å². The van der Waals surface area contributed by atoms with Crippen LogP contribution in [0.4, 0.5) is 5.82 Å². The minimum atomic E-state index is -3.71. The second-order valence-corrected chi connectivity index (χ2v) is 8.60. The zero-order valence-electron chi connectivity index (χ0n) is 15.3. The summed E-state index contributed by atoms with van der Waals surface area (Å²) in [6, 6.07) is 15.4. The van der Waals surface area contributed by atoms with E-state index in [2.05, 4.69) is 10.5 Å². The van der Waals surface area contributed by atoms with Crippen molar-refractivity contribution < 1.29 is 17.7 Å². The van der Waals surface area contributed by atoms with Gasteiger partial charge in [-0.25, -0.2) is 8.42 Å². The Labute approximate surface area is 163 Å². The summed E-state index contributed by atoms with van der Waals surface area (Å²) < 4.78 is 32.6. The smallest absolute Gasteiger partial charge is 0.256 e. The summed E-state index contributed by atoms with van der Waals surface area (Å²) >= 11 is 0. The van der Waals surface area contributed by atoms with Crippen molar-refractivity contribution in [2.24, 2.45) is 0 Å². The summed E-state index contributed by atoms with van der Waals surface area (Å²) in [6.07, 6.45) is 0.668. The maximum Gasteiger partial charge on any atom is 0.256 e. The minimum absolute atomic E-state index is 0.0934. The largest absolute Gasteiger partial charge is 0.360 e. The number of aromatic nitrogens is 1. The molecule has 28 heavy (non-hydrogen) atoms. The third-order valence-corrected chi connectivity index (χ3v) is 6.54. The van der Waals surface area contributed by atoms with E-state index in [1.807, 2.05) is 24.3 Å². The van der Waals surface area contributed by atoms with Crippen molar-refractivity contribution in [2.45, 2.75) is 24.8 Å². The molecule has 2 aromatic carbocycles. The lowest BCUT2D eigenvalue weighted by Crippen LogP contribution is -2.36. The quantitative estimate of drug-likeness (QED) is 0.731. The van der Waals surface area contributed by atoms with E-state index in [4.69, 9.17) is 4.52 Å². The lowest BCUT2D eigenvalue weighted by Gasteiger charge is -2.28. The van der Waals surface area contributed by atoms with Gasteiger partial charge in [-0.3, -0.25) is 4.79 Å². The van der Waals surface area contributed by atoms with Gasteiger partial charge in [0.15, 0.2) is 5.82 Å². The highest BCUT2D eigenvalue weighted by Crippen LogP contribution is 2.25. The Bertz CT molecular complexity index is 1140. The first-order chi connectivity index (χ1) is 13.4. The van der Waals surface area contributed by atoms with Gasteiger partial charge in [0.25, 0.3) is 5.91 Å². The number of hydrogen-bond acceptors (Lipinski definition) is 5. The number of benzene rings is 2. The zero-order valence-corrected chi connectivity index (χ0v) is 16.1. The second-order valence-electron chi connectivity index (χ2n) is 6.66. The van der Waals surface area contributed by atoms with Crippen LogP contribution < -0.4 is 5.32 Å². The molecule has 7 nitrogen and oxygen atoms in total. The summed E-state index contributed by atoms with van der Waals surface area (Å²) in [7, 11) is -3.71. The normalized spacial score (nSPS) is 14.5. The third kappa shape index (κ3) is 3.56. The average molecular weight is 397 g/mol. The fourth-order valence-electron chi connectivity index (χ4n) is 3.24. The van der Waals surface area contributed by atoms with Crippen molar-refractivity contribution in [1.82, 2.24) is 9.46 Å². The maximum atomic E-state index is 13.1. The molecule has 0 fully saturated rings. The standard InChI is InChI=1S/C20H19N3O4S/c1-14-11-19(22-27-14)21-20(24)16-7-4-8-18(12-16)28(25,26)23-10-9-15-5-2-3-6-17(15)13-23/h2-8,11-12H,9-10,13H2,1H3,(H,21,22,24). The monoisotopic (exact) mass is 397 g/mol. The molecule has 3 aromatic rings. The fraction of sp³-hybridized carbons (Fsp3) is 0.200. The highest BCUT2D eigenvalue weighted by Gasteiger charge is 2.28. The highest BCUT2D eigenvalue weighted by atomic mass is 32.2. The van der Waals surface area contributed by atoms with Gasteiger partial charge in [0.05, 0.1) is 4.90 Å². The van der Waals surface area contributed by atoms with Crippen molar-refractivity contribution in [3.63, 3.8) is 0 Å². The van der Waals surface area contributed by atoms with E-state index in [0.717, 1.165) is 5.56 Å². The number of rotatable bonds is 4. The SMILES string of the molecule is Cc1cc(NC(=O)c2cccc(S(=O)(=O)N3CCc4ccccc4C3)c2)no1. The molecule has 1 amide bonds. The summed E-state index contributed by atoms with van der Waals surface area (Å²) in [6.45, 7) is 2.45. The summed E-state index contributed by atoms with van der Waals surface area (Å²) in [4.78, 5) is 12.5. The molecule has 0 spiro atoms. The lowest BCUT2D eigenvalue weighted by molar-refractivity contribution is 0.102. The van der Waals surface area contributed by atoms with Crippen molar-refractivity contribution in [3.8, 4) is 0 Å². The Kier molecular flexibility index (Phi) is 4.74. The number of sulfonamides is 1. The van der Waals surface area contributed by atoms with Crippen LogP contribution in [0, 0.1) is 6.92 Å². The van der Waals surface area contributed by atoms with Crippen LogP contribution in [0.5, 0.6) is 0 Å². The Morgan fingerprint density at radius 2 is 1.89 bits per heavy atom. The van der Waals surface area contributed by atoms with Gasteiger partial charge in [0.1, 0.15) is 5.76 Å². The molecule has 1 aliphatic rings. The number of carbonyl (C=O) groups excluding carboxylic acids is 1. The number of hydrogen-bond donors (Lipinski definition) is 1. The highest BCUT2D eigenvalue weighted by molar-refractivity contribution is 7.89. The predicted molar refractivity (Wildman–Crippen MR) is 103 cm³/mol. The minimum Gasteiger partial charge on any atom is -0.360 e. The van der Waals surface area contributed by atoms with E-state index in [0.29, 0.717) is 25.3 Å². The van der Waals surface area contributed by atoms with Crippen molar-refractivity contribution in [3.05, 3.63) is 77.0 Å². The van der Waals surface area contributed by atoms with E-state index in [-0.39, 0.29) is 16.3 Å². The Morgan fingerprint density at radius 3 is 2.64 bits per heavy atom. The van der Waals surface area contributed by atoms with Crippen LogP contribution in [-0.4, -0.2) is 30.3 Å². The molecule has 4 rings (SSSR count). The lowest BCUT2D eigenvalue weighted by atomic mass is 10.0. The molecule has 1 aromatic heterocycles. The average Bonchev–Trinajstić information content (AvgIpc) is 3.12. The van der Waals surface area contributed by atoms with Crippen molar-refractivity contribution in [1.29, 1.82) is 0 Å². The number of nitrogens with one attached hydrogen (secondary N) is 1. The van der Waals surface area contributed by atoms with Crippen LogP contribution >= 0.6 is 0 Å². The van der Waals surface area contributed by atoms with Crippen LogP contribution in [0.2, 0.25) is 0 Å². The number of nitrogens with zero attached hydrogens (tertiary/aromatic N) is 2. The van der Waals surface area contributed by atoms with Gasteiger partial charge in [-0.05, 0) is 42.7 Å². The van der Waals surface area contributed by atoms with Gasteiger partial charge in [-0.2, -0.15) is 4.31 Å². The molecule has 0 aliphatic carbocycles. The molecule has 8 heteroatoms. The van der Waals surface area contributed by atoms with E-state index < -0.39 is 15.9 Å². The van der Waals surface area contributed by atoms with Crippen molar-refractivity contribution in [2.75, 3.05) is 11.9 Å². The Morgan fingerprint density at radius 1 is 1.11 bits per heavy atom. The molecule has 0 saturated carbocycles. The van der Waals surface area contributed by atoms with Crippen LogP contribution in [0.1, 0.15) is 27.2 Å². The number of anilines is 1. The predicted octanol–water partition coefficient (Wildman–Crippen LogP) is 2.98. The zero-order chi connectivity index (χ0) is 19.7. The molecule has 0 saturated heterocycles. The van der Waals surface area contributed by atoms with Crippen LogP contribution in [-0.2, 0) is 23.0 Å². The molecule has 1 aliphatic heterocycles. The molecule has 0 bridgehead atoms. The first-order valence-electron chi connectivity index (χ1n) is 8.85. The first kappa shape index (κ1) is 18.4. The maximum absolute atomic E-state index is 13.1. The van der Waals surface area contributed by atoms with E-state index in [1.165, 1.54) is 22.0 Å². The summed E-state index contributed by atoms with van der Waals surface area (Å²) in [5.74, 6) is 0.398. The fourth-order valence-corrected chi connectivity index (χ4v) is 4.70. The molecule has 144 valence electrons. The van der Waals surface area contributed by atoms with Gasteiger partial charge in [0, 0.05) is 24.7 Å². The topological polar surface area (TPSA) is 92.5 Å². The molecular weight excluding hydrogens is 378 g/mol. The molecule has 2 heterocycles. The second kappa shape index (κ2) is 7.21. The molecule has 0 unspecified atom stereocenters. The van der Waals surface area contributed by atoms with Gasteiger partial charge in [-0.1, -0.05) is 35.5 Å². The van der Waals surface area contributed by atoms with E-state index in [9.17, 15) is 13.2 Å². The number of carbonyl (C=O) groups is 1. The van der Waals surface area contributed by atoms with Crippen molar-refractivity contribution >= 4 is 21.7 Å². The molecule has 0 atom stereocenters. The number of fused-ring (bicyclic) bond motifs is 1. The van der Waals surface area contributed by atoms with Crippen LogP contribution in [0.3, 0.4) is 0 Å². The summed E-state index contributed by atoms with van der Waals surface area (Å²) in [5.41, 5.74) is 2.41. The number of aryl methyl sites for hydroxylation is 1. The Hall–Kier alpha value is -2.97. The Balaban J connectivity index is 1.57. The van der Waals surface area contributed by atoms with E-state index in [1.54, 1.807) is 25.1 Å². The van der Waals surface area contributed by atoms with Gasteiger partial charge in [-0.15, -0.1) is 0 Å². The van der Waals surface area contributed by atoms with Gasteiger partial charge in [0.2, 0.25) is 10.0 Å². The molecule has 1 N–H and O–H groups in total. The third-order valence-electron chi connectivity index (χ3n) is 4.70. The summed E-state index contributed by atoms with van der Waals surface area (Å²) in [5, 5.41) is 6.31. The van der Waals surface area contributed by atoms with Crippen LogP contribution in [0.25, 0.3) is 0 Å². The van der Waals surface area contributed by atoms with E-state index >= 15 is 0 Å². The molecular formula is C20H19N3O4S. The molecule has 0 radical (unpaired) electrons. The van der Waals surface area contributed by atoms with Crippen LogP contribution in [0.15, 0.2) is 64.0 Å².